The zero-order valence-corrected chi connectivity index (χ0v) is 19.6. The van der Waals surface area contributed by atoms with E-state index in [9.17, 15) is 22.8 Å². The fourth-order valence-corrected chi connectivity index (χ4v) is 4.13. The second kappa shape index (κ2) is 9.08. The first kappa shape index (κ1) is 24.0. The van der Waals surface area contributed by atoms with E-state index in [1.165, 1.54) is 19.5 Å². The summed E-state index contributed by atoms with van der Waals surface area (Å²) in [4.78, 5) is 32.4. The van der Waals surface area contributed by atoms with Crippen molar-refractivity contribution in [2.45, 2.75) is 19.1 Å². The van der Waals surface area contributed by atoms with Crippen LogP contribution in [0.25, 0.3) is 27.5 Å². The summed E-state index contributed by atoms with van der Waals surface area (Å²) in [6, 6.07) is 15.4. The standard InChI is InChI=1S/C26H20F3N5O3/c1-14(18-9-10-20(37-2)30-12-18)31-24(35)22-21(26(27,28)29)23-25(36)32-19(13-34(23)33-22)17-8-7-15-5-3-4-6-16(15)11-17/h3-14H,1-2H3,(H,31,35)(H,32,36). The fourth-order valence-electron chi connectivity index (χ4n) is 4.13. The molecule has 0 radical (unpaired) electrons. The highest BCUT2D eigenvalue weighted by atomic mass is 19.4. The van der Waals surface area contributed by atoms with Crippen molar-refractivity contribution in [2.24, 2.45) is 0 Å². The number of methoxy groups -OCH3 is 1. The number of H-pyrrole nitrogens is 1. The third-order valence-electron chi connectivity index (χ3n) is 6.00. The molecular weight excluding hydrogens is 487 g/mol. The fraction of sp³-hybridized carbons (Fsp3) is 0.154. The molecule has 3 aromatic heterocycles. The number of fused-ring (bicyclic) bond motifs is 2. The van der Waals surface area contributed by atoms with Crippen LogP contribution >= 0.6 is 0 Å². The van der Waals surface area contributed by atoms with Crippen LogP contribution in [-0.4, -0.2) is 32.6 Å². The van der Waals surface area contributed by atoms with Crippen LogP contribution in [-0.2, 0) is 6.18 Å². The van der Waals surface area contributed by atoms with Gasteiger partial charge in [-0.25, -0.2) is 9.50 Å². The van der Waals surface area contributed by atoms with Crippen molar-refractivity contribution in [3.8, 4) is 17.1 Å². The molecule has 11 heteroatoms. The van der Waals surface area contributed by atoms with E-state index in [0.29, 0.717) is 17.0 Å². The predicted molar refractivity (Wildman–Crippen MR) is 130 cm³/mol. The van der Waals surface area contributed by atoms with Gasteiger partial charge in [-0.3, -0.25) is 9.59 Å². The Morgan fingerprint density at radius 3 is 2.54 bits per heavy atom. The average Bonchev–Trinajstić information content (AvgIpc) is 3.29. The van der Waals surface area contributed by atoms with Crippen molar-refractivity contribution in [3.63, 3.8) is 0 Å². The zero-order valence-electron chi connectivity index (χ0n) is 19.6. The highest BCUT2D eigenvalue weighted by molar-refractivity contribution is 5.96. The third kappa shape index (κ3) is 4.51. The first-order valence-electron chi connectivity index (χ1n) is 11.2. The number of amides is 1. The molecule has 5 rings (SSSR count). The van der Waals surface area contributed by atoms with Gasteiger partial charge in [-0.05, 0) is 29.3 Å². The number of carbonyl (C=O) groups is 1. The highest BCUT2D eigenvalue weighted by Crippen LogP contribution is 2.35. The van der Waals surface area contributed by atoms with E-state index in [1.807, 2.05) is 30.3 Å². The minimum atomic E-state index is -5.00. The Labute approximate surface area is 207 Å². The molecule has 0 saturated carbocycles. The van der Waals surface area contributed by atoms with Crippen LogP contribution in [0.5, 0.6) is 5.88 Å². The summed E-state index contributed by atoms with van der Waals surface area (Å²) in [7, 11) is 1.45. The molecule has 3 heterocycles. The molecule has 188 valence electrons. The minimum Gasteiger partial charge on any atom is -0.481 e. The van der Waals surface area contributed by atoms with Gasteiger partial charge < -0.3 is 15.0 Å². The number of alkyl halides is 3. The van der Waals surface area contributed by atoms with Crippen molar-refractivity contribution in [2.75, 3.05) is 7.11 Å². The van der Waals surface area contributed by atoms with Gasteiger partial charge in [0.05, 0.1) is 25.0 Å². The molecule has 1 atom stereocenters. The van der Waals surface area contributed by atoms with E-state index in [4.69, 9.17) is 4.74 Å². The molecule has 0 bridgehead atoms. The summed E-state index contributed by atoms with van der Waals surface area (Å²) in [5, 5.41) is 8.25. The summed E-state index contributed by atoms with van der Waals surface area (Å²) >= 11 is 0. The van der Waals surface area contributed by atoms with Crippen LogP contribution in [0.3, 0.4) is 0 Å². The van der Waals surface area contributed by atoms with Crippen LogP contribution in [0.4, 0.5) is 13.2 Å². The van der Waals surface area contributed by atoms with Gasteiger partial charge in [-0.1, -0.05) is 42.5 Å². The Morgan fingerprint density at radius 1 is 1.11 bits per heavy atom. The van der Waals surface area contributed by atoms with Crippen LogP contribution in [0.15, 0.2) is 71.8 Å². The summed E-state index contributed by atoms with van der Waals surface area (Å²) in [6.07, 6.45) is -2.29. The van der Waals surface area contributed by atoms with Crippen LogP contribution in [0.1, 0.15) is 34.6 Å². The van der Waals surface area contributed by atoms with Crippen LogP contribution < -0.4 is 15.6 Å². The molecule has 0 aliphatic carbocycles. The molecule has 37 heavy (non-hydrogen) atoms. The van der Waals surface area contributed by atoms with Gasteiger partial charge in [0, 0.05) is 17.8 Å². The monoisotopic (exact) mass is 507 g/mol. The maximum Gasteiger partial charge on any atom is 0.421 e. The molecule has 5 aromatic rings. The number of aromatic amines is 1. The van der Waals surface area contributed by atoms with Gasteiger partial charge in [-0.2, -0.15) is 18.3 Å². The first-order valence-corrected chi connectivity index (χ1v) is 11.2. The lowest BCUT2D eigenvalue weighted by molar-refractivity contribution is -0.136. The Kier molecular flexibility index (Phi) is 5.90. The van der Waals surface area contributed by atoms with Crippen molar-refractivity contribution in [1.82, 2.24) is 24.9 Å². The molecule has 8 nitrogen and oxygen atoms in total. The average molecular weight is 507 g/mol. The van der Waals surface area contributed by atoms with Crippen molar-refractivity contribution >= 4 is 22.2 Å². The Morgan fingerprint density at radius 2 is 1.86 bits per heavy atom. The lowest BCUT2D eigenvalue weighted by Gasteiger charge is -2.14. The molecule has 0 aliphatic heterocycles. The Bertz CT molecular complexity index is 1690. The maximum atomic E-state index is 14.1. The molecule has 1 unspecified atom stereocenters. The largest absolute Gasteiger partial charge is 0.481 e. The molecular formula is C26H20F3N5O3. The third-order valence-corrected chi connectivity index (χ3v) is 6.00. The molecule has 0 aliphatic rings. The van der Waals surface area contributed by atoms with Crippen molar-refractivity contribution < 1.29 is 22.7 Å². The Hall–Kier alpha value is -4.67. The highest BCUT2D eigenvalue weighted by Gasteiger charge is 2.41. The number of aromatic nitrogens is 4. The van der Waals surface area contributed by atoms with Gasteiger partial charge in [-0.15, -0.1) is 0 Å². The van der Waals surface area contributed by atoms with E-state index >= 15 is 0 Å². The second-order valence-corrected chi connectivity index (χ2v) is 8.40. The summed E-state index contributed by atoms with van der Waals surface area (Å²) in [5.74, 6) is -0.727. The lowest BCUT2D eigenvalue weighted by Crippen LogP contribution is -2.29. The minimum absolute atomic E-state index is 0.254. The molecule has 2 aromatic carbocycles. The predicted octanol–water partition coefficient (Wildman–Crippen LogP) is 4.76. The number of hydrogen-bond acceptors (Lipinski definition) is 5. The van der Waals surface area contributed by atoms with Crippen LogP contribution in [0, 0.1) is 0 Å². The number of rotatable bonds is 5. The Balaban J connectivity index is 1.56. The van der Waals surface area contributed by atoms with Crippen molar-refractivity contribution in [3.05, 3.63) is 94.2 Å². The summed E-state index contributed by atoms with van der Waals surface area (Å²) in [5.41, 5.74) is -2.71. The van der Waals surface area contributed by atoms with E-state index in [-0.39, 0.29) is 5.69 Å². The van der Waals surface area contributed by atoms with E-state index in [1.54, 1.807) is 31.2 Å². The number of benzene rings is 2. The van der Waals surface area contributed by atoms with E-state index < -0.39 is 40.5 Å². The molecule has 2 N–H and O–H groups in total. The van der Waals surface area contributed by atoms with Crippen molar-refractivity contribution in [1.29, 1.82) is 0 Å². The normalized spacial score (nSPS) is 12.6. The maximum absolute atomic E-state index is 14.1. The second-order valence-electron chi connectivity index (χ2n) is 8.40. The smallest absolute Gasteiger partial charge is 0.421 e. The topological polar surface area (TPSA) is 101 Å². The number of hydrogen-bond donors (Lipinski definition) is 2. The van der Waals surface area contributed by atoms with E-state index in [2.05, 4.69) is 20.4 Å². The number of halogens is 3. The molecule has 0 saturated heterocycles. The zero-order chi connectivity index (χ0) is 26.3. The van der Waals surface area contributed by atoms with Gasteiger partial charge >= 0.3 is 6.18 Å². The SMILES string of the molecule is COc1ccc(C(C)NC(=O)c2nn3cc(-c4ccc5ccccc5c4)[nH]c(=O)c3c2C(F)(F)F)cn1. The number of ether oxygens (including phenoxy) is 1. The molecule has 0 spiro atoms. The lowest BCUT2D eigenvalue weighted by atomic mass is 10.1. The van der Waals surface area contributed by atoms with Gasteiger partial charge in [0.2, 0.25) is 5.88 Å². The number of carbonyl (C=O) groups excluding carboxylic acids is 1. The van der Waals surface area contributed by atoms with E-state index in [0.717, 1.165) is 15.3 Å². The van der Waals surface area contributed by atoms with Crippen LogP contribution in [0.2, 0.25) is 0 Å². The number of nitrogens with zero attached hydrogens (tertiary/aromatic N) is 3. The number of pyridine rings is 1. The van der Waals surface area contributed by atoms with Gasteiger partial charge in [0.25, 0.3) is 11.5 Å². The van der Waals surface area contributed by atoms with Gasteiger partial charge in [0.15, 0.2) is 5.69 Å². The first-order chi connectivity index (χ1) is 17.7. The molecule has 1 amide bonds. The van der Waals surface area contributed by atoms with Gasteiger partial charge in [0.1, 0.15) is 11.1 Å². The summed E-state index contributed by atoms with van der Waals surface area (Å²) in [6.45, 7) is 1.59. The quantitative estimate of drug-likeness (QED) is 0.357. The summed E-state index contributed by atoms with van der Waals surface area (Å²) < 4.78 is 48.0. The number of nitrogens with one attached hydrogen (secondary N) is 2. The molecule has 0 fully saturated rings.